The van der Waals surface area contributed by atoms with Crippen molar-refractivity contribution in [3.63, 3.8) is 0 Å². The molecule has 1 aliphatic heterocycles. The van der Waals surface area contributed by atoms with Crippen LogP contribution < -0.4 is 15.8 Å². The van der Waals surface area contributed by atoms with Gasteiger partial charge in [-0.25, -0.2) is 4.98 Å². The Morgan fingerprint density at radius 1 is 1.30 bits per heavy atom. The van der Waals surface area contributed by atoms with E-state index in [4.69, 9.17) is 10.5 Å². The molecule has 0 atom stereocenters. The molecule has 3 N–H and O–H groups in total. The normalized spacial score (nSPS) is 15.1. The van der Waals surface area contributed by atoms with Gasteiger partial charge in [-0.15, -0.1) is 11.3 Å². The van der Waals surface area contributed by atoms with Gasteiger partial charge in [0.15, 0.2) is 0 Å². The van der Waals surface area contributed by atoms with E-state index in [1.54, 1.807) is 17.6 Å². The molecular weight excluding hydrogens is 360 g/mol. The Labute approximate surface area is 164 Å². The lowest BCUT2D eigenvalue weighted by molar-refractivity contribution is 0.0962. The van der Waals surface area contributed by atoms with Crippen LogP contribution in [0.2, 0.25) is 0 Å². The van der Waals surface area contributed by atoms with Crippen LogP contribution in [-0.2, 0) is 6.54 Å². The molecule has 3 rings (SSSR count). The molecule has 3 heterocycles. The van der Waals surface area contributed by atoms with Crippen LogP contribution >= 0.6 is 11.3 Å². The smallest absolute Gasteiger partial charge is 0.263 e. The third-order valence-electron chi connectivity index (χ3n) is 4.43. The van der Waals surface area contributed by atoms with Gasteiger partial charge in [-0.05, 0) is 55.1 Å². The molecule has 0 aromatic carbocycles. The van der Waals surface area contributed by atoms with Crippen LogP contribution in [0.4, 0.5) is 5.69 Å². The summed E-state index contributed by atoms with van der Waals surface area (Å²) in [5.41, 5.74) is 7.47. The van der Waals surface area contributed by atoms with Gasteiger partial charge in [0.25, 0.3) is 5.91 Å². The number of rotatable bonds is 8. The van der Waals surface area contributed by atoms with Crippen molar-refractivity contribution >= 4 is 22.9 Å². The van der Waals surface area contributed by atoms with Gasteiger partial charge in [0.05, 0.1) is 5.69 Å². The fourth-order valence-electron chi connectivity index (χ4n) is 3.02. The third kappa shape index (κ3) is 6.08. The van der Waals surface area contributed by atoms with Crippen LogP contribution in [0.5, 0.6) is 5.88 Å². The summed E-state index contributed by atoms with van der Waals surface area (Å²) in [5.74, 6) is 0.477. The number of nitrogens with zero attached hydrogens (tertiary/aromatic N) is 2. The van der Waals surface area contributed by atoms with E-state index >= 15 is 0 Å². The SMILES string of the molecule is Nc1ccsc1C(=O)NCC=CCOc1cc(CN2CCCCC2)ccn1. The van der Waals surface area contributed by atoms with Crippen molar-refractivity contribution in [2.24, 2.45) is 0 Å². The number of likely N-dealkylation sites (tertiary alicyclic amines) is 1. The number of carbonyl (C=O) groups excluding carboxylic acids is 1. The number of anilines is 1. The fourth-order valence-corrected chi connectivity index (χ4v) is 3.76. The number of amides is 1. The summed E-state index contributed by atoms with van der Waals surface area (Å²) < 4.78 is 5.69. The number of carbonyl (C=O) groups is 1. The number of piperidine rings is 1. The second kappa shape index (κ2) is 10.1. The van der Waals surface area contributed by atoms with Gasteiger partial charge in [0.1, 0.15) is 11.5 Å². The van der Waals surface area contributed by atoms with Gasteiger partial charge >= 0.3 is 0 Å². The molecule has 1 fully saturated rings. The molecule has 0 spiro atoms. The minimum Gasteiger partial charge on any atom is -0.473 e. The zero-order valence-corrected chi connectivity index (χ0v) is 16.2. The summed E-state index contributed by atoms with van der Waals surface area (Å²) >= 11 is 1.34. The standard InChI is InChI=1S/C20H26N4O2S/c21-17-7-13-27-19(17)20(25)23-8-2-5-12-26-18-14-16(6-9-22-18)15-24-10-3-1-4-11-24/h2,5-7,9,13-14H,1,3-4,8,10-12,15,21H2,(H,23,25). The molecule has 1 saturated heterocycles. The monoisotopic (exact) mass is 386 g/mol. The van der Waals surface area contributed by atoms with Crippen LogP contribution in [0, 0.1) is 0 Å². The molecule has 6 nitrogen and oxygen atoms in total. The topological polar surface area (TPSA) is 80.5 Å². The van der Waals surface area contributed by atoms with Crippen molar-refractivity contribution in [3.05, 3.63) is 52.4 Å². The van der Waals surface area contributed by atoms with Gasteiger partial charge in [-0.1, -0.05) is 12.5 Å². The van der Waals surface area contributed by atoms with E-state index in [0.717, 1.165) is 6.54 Å². The molecule has 2 aromatic rings. The first-order valence-electron chi connectivity index (χ1n) is 9.28. The van der Waals surface area contributed by atoms with Crippen molar-refractivity contribution in [1.82, 2.24) is 15.2 Å². The first-order chi connectivity index (χ1) is 13.2. The molecule has 1 amide bonds. The molecule has 0 saturated carbocycles. The number of aromatic nitrogens is 1. The highest BCUT2D eigenvalue weighted by Crippen LogP contribution is 2.18. The van der Waals surface area contributed by atoms with Crippen LogP contribution in [0.3, 0.4) is 0 Å². The minimum atomic E-state index is -0.153. The molecule has 1 aliphatic rings. The number of hydrogen-bond donors (Lipinski definition) is 2. The van der Waals surface area contributed by atoms with Gasteiger partial charge in [0.2, 0.25) is 5.88 Å². The Morgan fingerprint density at radius 3 is 2.93 bits per heavy atom. The molecule has 0 radical (unpaired) electrons. The Bertz CT molecular complexity index is 769. The minimum absolute atomic E-state index is 0.153. The van der Waals surface area contributed by atoms with Crippen molar-refractivity contribution in [3.8, 4) is 5.88 Å². The molecule has 144 valence electrons. The number of nitrogen functional groups attached to an aromatic ring is 1. The van der Waals surface area contributed by atoms with E-state index in [-0.39, 0.29) is 5.91 Å². The lowest BCUT2D eigenvalue weighted by Gasteiger charge is -2.26. The lowest BCUT2D eigenvalue weighted by atomic mass is 10.1. The van der Waals surface area contributed by atoms with Crippen molar-refractivity contribution in [2.45, 2.75) is 25.8 Å². The molecule has 7 heteroatoms. The number of hydrogen-bond acceptors (Lipinski definition) is 6. The number of thiophene rings is 1. The second-order valence-corrected chi connectivity index (χ2v) is 7.45. The van der Waals surface area contributed by atoms with Crippen molar-refractivity contribution in [1.29, 1.82) is 0 Å². The van der Waals surface area contributed by atoms with Crippen LogP contribution in [-0.4, -0.2) is 42.0 Å². The van der Waals surface area contributed by atoms with Gasteiger partial charge in [-0.2, -0.15) is 0 Å². The average Bonchev–Trinajstić information content (AvgIpc) is 3.11. The summed E-state index contributed by atoms with van der Waals surface area (Å²) in [6.45, 7) is 4.14. The fraction of sp³-hybridized carbons (Fsp3) is 0.400. The Hall–Kier alpha value is -2.38. The molecule has 0 unspecified atom stereocenters. The highest BCUT2D eigenvalue weighted by molar-refractivity contribution is 7.12. The molecule has 0 aliphatic carbocycles. The number of ether oxygens (including phenoxy) is 1. The van der Waals surface area contributed by atoms with E-state index in [9.17, 15) is 4.79 Å². The predicted molar refractivity (Wildman–Crippen MR) is 109 cm³/mol. The molecule has 0 bridgehead atoms. The largest absolute Gasteiger partial charge is 0.473 e. The Balaban J connectivity index is 1.38. The van der Waals surface area contributed by atoms with E-state index in [2.05, 4.69) is 15.2 Å². The summed E-state index contributed by atoms with van der Waals surface area (Å²) in [7, 11) is 0. The predicted octanol–water partition coefficient (Wildman–Crippen LogP) is 3.08. The summed E-state index contributed by atoms with van der Waals surface area (Å²) in [6.07, 6.45) is 9.44. The summed E-state index contributed by atoms with van der Waals surface area (Å²) in [6, 6.07) is 5.78. The highest BCUT2D eigenvalue weighted by atomic mass is 32.1. The van der Waals surface area contributed by atoms with E-state index in [1.165, 1.54) is 49.3 Å². The molecular formula is C20H26N4O2S. The lowest BCUT2D eigenvalue weighted by Crippen LogP contribution is -2.29. The average molecular weight is 387 g/mol. The maximum atomic E-state index is 11.9. The first kappa shape index (κ1) is 19.4. The van der Waals surface area contributed by atoms with Gasteiger partial charge in [-0.3, -0.25) is 9.69 Å². The summed E-state index contributed by atoms with van der Waals surface area (Å²) in [4.78, 5) is 19.2. The van der Waals surface area contributed by atoms with Crippen molar-refractivity contribution < 1.29 is 9.53 Å². The Morgan fingerprint density at radius 2 is 2.15 bits per heavy atom. The molecule has 2 aromatic heterocycles. The number of nitrogens with one attached hydrogen (secondary N) is 1. The quantitative estimate of drug-likeness (QED) is 0.682. The van der Waals surface area contributed by atoms with Crippen molar-refractivity contribution in [2.75, 3.05) is 32.0 Å². The van der Waals surface area contributed by atoms with Gasteiger partial charge in [0, 0.05) is 25.4 Å². The van der Waals surface area contributed by atoms with E-state index < -0.39 is 0 Å². The molecule has 27 heavy (non-hydrogen) atoms. The highest BCUT2D eigenvalue weighted by Gasteiger charge is 2.11. The number of nitrogens with two attached hydrogens (primary N) is 1. The Kier molecular flexibility index (Phi) is 7.24. The maximum absolute atomic E-state index is 11.9. The maximum Gasteiger partial charge on any atom is 0.263 e. The third-order valence-corrected chi connectivity index (χ3v) is 5.36. The zero-order valence-electron chi connectivity index (χ0n) is 15.4. The first-order valence-corrected chi connectivity index (χ1v) is 10.2. The van der Waals surface area contributed by atoms with Crippen LogP contribution in [0.1, 0.15) is 34.5 Å². The number of pyridine rings is 1. The summed E-state index contributed by atoms with van der Waals surface area (Å²) in [5, 5.41) is 4.61. The van der Waals surface area contributed by atoms with Crippen LogP contribution in [0.15, 0.2) is 41.9 Å². The second-order valence-electron chi connectivity index (χ2n) is 6.54. The zero-order chi connectivity index (χ0) is 18.9. The van der Waals surface area contributed by atoms with E-state index in [0.29, 0.717) is 29.6 Å². The van der Waals surface area contributed by atoms with E-state index in [1.807, 2.05) is 24.3 Å². The van der Waals surface area contributed by atoms with Crippen LogP contribution in [0.25, 0.3) is 0 Å². The van der Waals surface area contributed by atoms with Gasteiger partial charge < -0.3 is 15.8 Å².